The van der Waals surface area contributed by atoms with Gasteiger partial charge in [0.05, 0.1) is 17.7 Å². The number of nitrogens with zero attached hydrogens (tertiary/aromatic N) is 1. The van der Waals surface area contributed by atoms with Gasteiger partial charge >= 0.3 is 0 Å². The topological polar surface area (TPSA) is 78.9 Å². The highest BCUT2D eigenvalue weighted by Gasteiger charge is 2.09. The number of nitriles is 1. The number of benzene rings is 2. The predicted octanol–water partition coefficient (Wildman–Crippen LogP) is 2.98. The third kappa shape index (κ3) is 3.28. The van der Waals surface area contributed by atoms with Crippen molar-refractivity contribution < 1.29 is 4.79 Å². The monoisotopic (exact) mass is 285 g/mol. The molecule has 4 nitrogen and oxygen atoms in total. The van der Waals surface area contributed by atoms with Crippen LogP contribution in [-0.4, -0.2) is 5.91 Å². The standard InChI is InChI=1S/C15H12ClN3O/c16-12-6-5-11(9-17)14(8-12)19-15(20)7-10-3-1-2-4-13(10)18/h1-6,8H,7,18H2,(H,19,20). The average molecular weight is 286 g/mol. The van der Waals surface area contributed by atoms with E-state index in [1.54, 1.807) is 30.3 Å². The van der Waals surface area contributed by atoms with Gasteiger partial charge in [0, 0.05) is 10.7 Å². The number of halogens is 1. The van der Waals surface area contributed by atoms with Crippen molar-refractivity contribution in [2.45, 2.75) is 6.42 Å². The predicted molar refractivity (Wildman–Crippen MR) is 79.4 cm³/mol. The van der Waals surface area contributed by atoms with Crippen molar-refractivity contribution in [1.82, 2.24) is 0 Å². The Hall–Kier alpha value is -2.51. The smallest absolute Gasteiger partial charge is 0.228 e. The molecule has 20 heavy (non-hydrogen) atoms. The minimum Gasteiger partial charge on any atom is -0.398 e. The van der Waals surface area contributed by atoms with Gasteiger partial charge in [-0.25, -0.2) is 0 Å². The summed E-state index contributed by atoms with van der Waals surface area (Å²) in [6, 6.07) is 13.9. The molecule has 0 aliphatic carbocycles. The Balaban J connectivity index is 2.15. The first-order valence-electron chi connectivity index (χ1n) is 5.93. The lowest BCUT2D eigenvalue weighted by Gasteiger charge is -2.09. The van der Waals surface area contributed by atoms with E-state index in [0.29, 0.717) is 22.0 Å². The van der Waals surface area contributed by atoms with E-state index in [9.17, 15) is 4.79 Å². The summed E-state index contributed by atoms with van der Waals surface area (Å²) in [6.07, 6.45) is 0.143. The summed E-state index contributed by atoms with van der Waals surface area (Å²) in [5.74, 6) is -0.248. The largest absolute Gasteiger partial charge is 0.398 e. The van der Waals surface area contributed by atoms with Crippen molar-refractivity contribution >= 4 is 28.9 Å². The summed E-state index contributed by atoms with van der Waals surface area (Å²) in [5.41, 5.74) is 7.86. The van der Waals surface area contributed by atoms with E-state index < -0.39 is 0 Å². The quantitative estimate of drug-likeness (QED) is 0.851. The van der Waals surface area contributed by atoms with Crippen LogP contribution < -0.4 is 11.1 Å². The number of para-hydroxylation sites is 1. The van der Waals surface area contributed by atoms with Gasteiger partial charge < -0.3 is 11.1 Å². The van der Waals surface area contributed by atoms with Crippen molar-refractivity contribution in [3.05, 3.63) is 58.6 Å². The van der Waals surface area contributed by atoms with Gasteiger partial charge in [0.15, 0.2) is 0 Å². The van der Waals surface area contributed by atoms with E-state index in [0.717, 1.165) is 5.56 Å². The number of hydrogen-bond donors (Lipinski definition) is 2. The molecular weight excluding hydrogens is 274 g/mol. The second-order valence-electron chi connectivity index (χ2n) is 4.23. The summed E-state index contributed by atoms with van der Waals surface area (Å²) >= 11 is 5.86. The molecule has 0 aliphatic rings. The van der Waals surface area contributed by atoms with Crippen LogP contribution in [0.25, 0.3) is 0 Å². The van der Waals surface area contributed by atoms with Crippen LogP contribution in [0.2, 0.25) is 5.02 Å². The molecule has 0 unspecified atom stereocenters. The van der Waals surface area contributed by atoms with Crippen LogP contribution in [0, 0.1) is 11.3 Å². The summed E-state index contributed by atoms with van der Waals surface area (Å²) < 4.78 is 0. The highest BCUT2D eigenvalue weighted by Crippen LogP contribution is 2.21. The number of nitrogens with one attached hydrogen (secondary N) is 1. The maximum Gasteiger partial charge on any atom is 0.228 e. The van der Waals surface area contributed by atoms with Gasteiger partial charge in [-0.15, -0.1) is 0 Å². The molecule has 1 amide bonds. The third-order valence-electron chi connectivity index (χ3n) is 2.78. The molecule has 2 aromatic carbocycles. The Morgan fingerprint density at radius 2 is 2.05 bits per heavy atom. The van der Waals surface area contributed by atoms with E-state index >= 15 is 0 Å². The lowest BCUT2D eigenvalue weighted by molar-refractivity contribution is -0.115. The highest BCUT2D eigenvalue weighted by molar-refractivity contribution is 6.31. The number of hydrogen-bond acceptors (Lipinski definition) is 3. The Bertz CT molecular complexity index is 692. The SMILES string of the molecule is N#Cc1ccc(Cl)cc1NC(=O)Cc1ccccc1N. The third-order valence-corrected chi connectivity index (χ3v) is 3.02. The number of rotatable bonds is 3. The Morgan fingerprint density at radius 3 is 2.75 bits per heavy atom. The van der Waals surface area contributed by atoms with Crippen molar-refractivity contribution in [2.24, 2.45) is 0 Å². The van der Waals surface area contributed by atoms with Gasteiger partial charge in [-0.3, -0.25) is 4.79 Å². The molecule has 100 valence electrons. The molecule has 0 aliphatic heterocycles. The second-order valence-corrected chi connectivity index (χ2v) is 4.66. The summed E-state index contributed by atoms with van der Waals surface area (Å²) in [6.45, 7) is 0. The summed E-state index contributed by atoms with van der Waals surface area (Å²) in [5, 5.41) is 12.1. The van der Waals surface area contributed by atoms with Crippen LogP contribution in [0.4, 0.5) is 11.4 Å². The molecule has 3 N–H and O–H groups in total. The normalized spacial score (nSPS) is 9.80. The zero-order valence-corrected chi connectivity index (χ0v) is 11.3. The molecule has 0 saturated heterocycles. The van der Waals surface area contributed by atoms with Crippen molar-refractivity contribution in [1.29, 1.82) is 5.26 Å². The molecule has 0 heterocycles. The number of carbonyl (C=O) groups is 1. The lowest BCUT2D eigenvalue weighted by atomic mass is 10.1. The van der Waals surface area contributed by atoms with Gasteiger partial charge in [0.2, 0.25) is 5.91 Å². The summed E-state index contributed by atoms with van der Waals surface area (Å²) in [4.78, 5) is 12.0. The molecule has 0 bridgehead atoms. The van der Waals surface area contributed by atoms with Crippen LogP contribution in [0.3, 0.4) is 0 Å². The van der Waals surface area contributed by atoms with Gasteiger partial charge in [0.25, 0.3) is 0 Å². The van der Waals surface area contributed by atoms with Crippen molar-refractivity contribution in [3.8, 4) is 6.07 Å². The number of carbonyl (C=O) groups excluding carboxylic acids is 1. The molecule has 0 aromatic heterocycles. The average Bonchev–Trinajstić information content (AvgIpc) is 2.41. The van der Waals surface area contributed by atoms with E-state index in [1.807, 2.05) is 18.2 Å². The molecule has 0 radical (unpaired) electrons. The Kier molecular flexibility index (Phi) is 4.24. The van der Waals surface area contributed by atoms with E-state index in [2.05, 4.69) is 5.32 Å². The molecule has 5 heteroatoms. The second kappa shape index (κ2) is 6.09. The van der Waals surface area contributed by atoms with Gasteiger partial charge in [-0.05, 0) is 29.8 Å². The molecule has 0 spiro atoms. The summed E-state index contributed by atoms with van der Waals surface area (Å²) in [7, 11) is 0. The first-order chi connectivity index (χ1) is 9.60. The number of amides is 1. The van der Waals surface area contributed by atoms with Crippen LogP contribution in [-0.2, 0) is 11.2 Å². The van der Waals surface area contributed by atoms with Gasteiger partial charge in [-0.2, -0.15) is 5.26 Å². The van der Waals surface area contributed by atoms with Crippen LogP contribution in [0.5, 0.6) is 0 Å². The van der Waals surface area contributed by atoms with Gasteiger partial charge in [0.1, 0.15) is 6.07 Å². The minimum absolute atomic E-state index is 0.143. The number of nitrogens with two attached hydrogens (primary N) is 1. The van der Waals surface area contributed by atoms with Crippen molar-refractivity contribution in [3.63, 3.8) is 0 Å². The number of nitrogen functional groups attached to an aromatic ring is 1. The Morgan fingerprint density at radius 1 is 1.30 bits per heavy atom. The van der Waals surface area contributed by atoms with Crippen LogP contribution in [0.15, 0.2) is 42.5 Å². The zero-order chi connectivity index (χ0) is 14.5. The molecule has 0 atom stereocenters. The molecule has 0 saturated carbocycles. The Labute approximate surface area is 121 Å². The minimum atomic E-state index is -0.248. The van der Waals surface area contributed by atoms with E-state index in [-0.39, 0.29) is 12.3 Å². The first-order valence-corrected chi connectivity index (χ1v) is 6.31. The highest BCUT2D eigenvalue weighted by atomic mass is 35.5. The van der Waals surface area contributed by atoms with E-state index in [4.69, 9.17) is 22.6 Å². The maximum absolute atomic E-state index is 12.0. The fourth-order valence-corrected chi connectivity index (χ4v) is 1.95. The molecule has 0 fully saturated rings. The fourth-order valence-electron chi connectivity index (χ4n) is 1.78. The zero-order valence-electron chi connectivity index (χ0n) is 10.6. The van der Waals surface area contributed by atoms with Crippen LogP contribution in [0.1, 0.15) is 11.1 Å². The first kappa shape index (κ1) is 13.9. The molecule has 2 aromatic rings. The molecular formula is C15H12ClN3O. The number of anilines is 2. The van der Waals surface area contributed by atoms with E-state index in [1.165, 1.54) is 0 Å². The molecule has 2 rings (SSSR count). The van der Waals surface area contributed by atoms with Crippen LogP contribution >= 0.6 is 11.6 Å². The van der Waals surface area contributed by atoms with Crippen molar-refractivity contribution in [2.75, 3.05) is 11.1 Å². The lowest BCUT2D eigenvalue weighted by Crippen LogP contribution is -2.16. The fraction of sp³-hybridized carbons (Fsp3) is 0.0667. The maximum atomic E-state index is 12.0. The van der Waals surface area contributed by atoms with Gasteiger partial charge in [-0.1, -0.05) is 29.8 Å².